The average molecular weight is 452 g/mol. The van der Waals surface area contributed by atoms with E-state index in [2.05, 4.69) is 18.4 Å². The number of phenols is 1. The fourth-order valence-corrected chi connectivity index (χ4v) is 5.72. The highest BCUT2D eigenvalue weighted by atomic mass is 19.1. The van der Waals surface area contributed by atoms with E-state index in [-0.39, 0.29) is 17.0 Å². The number of aromatic hydroxyl groups is 1. The molecule has 1 aliphatic heterocycles. The van der Waals surface area contributed by atoms with Crippen LogP contribution in [0.5, 0.6) is 5.75 Å². The molecule has 0 saturated heterocycles. The minimum atomic E-state index is -0.782. The molecule has 3 aromatic rings. The zero-order valence-corrected chi connectivity index (χ0v) is 19.5. The quantitative estimate of drug-likeness (QED) is 0.505. The lowest BCUT2D eigenvalue weighted by molar-refractivity contribution is -0.160. The van der Waals surface area contributed by atoms with Gasteiger partial charge in [0.05, 0.1) is 23.1 Å². The number of hydrogen-bond acceptors (Lipinski definition) is 3. The predicted octanol–water partition coefficient (Wildman–Crippen LogP) is 5.95. The van der Waals surface area contributed by atoms with Gasteiger partial charge in [0.1, 0.15) is 11.6 Å². The molecule has 0 bridgehead atoms. The van der Waals surface area contributed by atoms with Gasteiger partial charge in [0.15, 0.2) is 0 Å². The summed E-state index contributed by atoms with van der Waals surface area (Å²) in [4.78, 5) is 11.9. The van der Waals surface area contributed by atoms with Crippen LogP contribution in [0.1, 0.15) is 63.3 Å². The van der Waals surface area contributed by atoms with Gasteiger partial charge in [-0.15, -0.1) is 0 Å². The summed E-state index contributed by atoms with van der Waals surface area (Å²) in [6, 6.07) is 10.6. The molecule has 1 saturated carbocycles. The Morgan fingerprint density at radius 1 is 1.09 bits per heavy atom. The molecule has 0 atom stereocenters. The Bertz CT molecular complexity index is 1280. The lowest BCUT2D eigenvalue weighted by Crippen LogP contribution is -2.48. The summed E-state index contributed by atoms with van der Waals surface area (Å²) in [6.07, 6.45) is 2.12. The summed E-state index contributed by atoms with van der Waals surface area (Å²) in [7, 11) is 0. The van der Waals surface area contributed by atoms with Crippen LogP contribution in [0.2, 0.25) is 0 Å². The maximum atomic E-state index is 14.1. The van der Waals surface area contributed by atoms with E-state index in [1.54, 1.807) is 26.0 Å². The number of rotatable bonds is 2. The monoisotopic (exact) mass is 451 g/mol. The molecule has 0 unspecified atom stereocenters. The maximum absolute atomic E-state index is 14.1. The first-order chi connectivity index (χ1) is 15.5. The van der Waals surface area contributed by atoms with Crippen LogP contribution in [0.25, 0.3) is 16.6 Å². The second-order valence-electron chi connectivity index (χ2n) is 10.7. The number of carbonyl (C=O) groups is 1. The van der Waals surface area contributed by atoms with Crippen LogP contribution in [0.15, 0.2) is 36.4 Å². The van der Waals surface area contributed by atoms with Crippen LogP contribution >= 0.6 is 0 Å². The number of nitrogens with zero attached hydrogens (tertiary/aromatic N) is 1. The van der Waals surface area contributed by atoms with Gasteiger partial charge >= 0.3 is 5.97 Å². The molecule has 5 rings (SSSR count). The molecule has 1 spiro atoms. The Hall–Kier alpha value is -2.86. The van der Waals surface area contributed by atoms with E-state index in [1.807, 2.05) is 18.2 Å². The summed E-state index contributed by atoms with van der Waals surface area (Å²) in [5.74, 6) is -0.861. The van der Waals surface area contributed by atoms with E-state index in [4.69, 9.17) is 4.74 Å². The number of aromatic nitrogens is 1. The van der Waals surface area contributed by atoms with Gasteiger partial charge in [-0.05, 0) is 75.4 Å². The first-order valence-electron chi connectivity index (χ1n) is 11.5. The largest absolute Gasteiger partial charge is 0.507 e. The van der Waals surface area contributed by atoms with E-state index < -0.39 is 17.0 Å². The Kier molecular flexibility index (Phi) is 4.70. The smallest absolute Gasteiger partial charge is 0.309 e. The second-order valence-corrected chi connectivity index (χ2v) is 10.7. The molecule has 2 aromatic carbocycles. The SMILES string of the molecule is Cc1cc(-n2c3c(c4c(O)cccc42)C2(CCC(C)(C(=O)O)CC2)OCC3(C)C)ccc1F. The third-order valence-corrected chi connectivity index (χ3v) is 7.86. The number of ether oxygens (including phenoxy) is 1. The normalized spacial score (nSPS) is 26.5. The van der Waals surface area contributed by atoms with Gasteiger partial charge in [0, 0.05) is 27.7 Å². The highest BCUT2D eigenvalue weighted by molar-refractivity contribution is 5.94. The number of halogens is 1. The number of carboxylic acid groups (broad SMARTS) is 1. The van der Waals surface area contributed by atoms with Crippen molar-refractivity contribution in [2.45, 2.75) is 64.4 Å². The van der Waals surface area contributed by atoms with Crippen molar-refractivity contribution >= 4 is 16.9 Å². The van der Waals surface area contributed by atoms with Crippen molar-refractivity contribution in [3.05, 3.63) is 59.0 Å². The van der Waals surface area contributed by atoms with Crippen molar-refractivity contribution in [2.75, 3.05) is 6.61 Å². The highest BCUT2D eigenvalue weighted by Crippen LogP contribution is 2.57. The minimum absolute atomic E-state index is 0.175. The van der Waals surface area contributed by atoms with Gasteiger partial charge in [0.2, 0.25) is 0 Å². The van der Waals surface area contributed by atoms with Gasteiger partial charge in [0.25, 0.3) is 0 Å². The number of phenolic OH excluding ortho intramolecular Hbond substituents is 1. The average Bonchev–Trinajstić information content (AvgIpc) is 3.14. The third-order valence-electron chi connectivity index (χ3n) is 7.86. The predicted molar refractivity (Wildman–Crippen MR) is 125 cm³/mol. The van der Waals surface area contributed by atoms with E-state index in [9.17, 15) is 19.4 Å². The van der Waals surface area contributed by atoms with Crippen molar-refractivity contribution in [3.63, 3.8) is 0 Å². The van der Waals surface area contributed by atoms with Crippen LogP contribution in [-0.2, 0) is 20.5 Å². The fraction of sp³-hybridized carbons (Fsp3) is 0.444. The zero-order chi connectivity index (χ0) is 23.8. The first kappa shape index (κ1) is 22.0. The van der Waals surface area contributed by atoms with Crippen LogP contribution in [0.3, 0.4) is 0 Å². The number of carboxylic acids is 1. The lowest BCUT2D eigenvalue weighted by Gasteiger charge is -2.49. The Morgan fingerprint density at radius 3 is 2.42 bits per heavy atom. The molecule has 174 valence electrons. The summed E-state index contributed by atoms with van der Waals surface area (Å²) in [5.41, 5.74) is 2.39. The van der Waals surface area contributed by atoms with Gasteiger partial charge in [-0.3, -0.25) is 4.79 Å². The number of aryl methyl sites for hydroxylation is 1. The van der Waals surface area contributed by atoms with Crippen molar-refractivity contribution in [1.82, 2.24) is 4.57 Å². The summed E-state index contributed by atoms with van der Waals surface area (Å²) >= 11 is 0. The molecular weight excluding hydrogens is 421 g/mol. The standard InChI is InChI=1S/C27H30FNO4/c1-16-14-17(8-9-18(16)28)29-19-6-5-7-20(30)21(19)22-23(29)25(2,3)15-33-27(22)12-10-26(4,11-13-27)24(31)32/h5-9,14,30H,10-13,15H2,1-4H3,(H,31,32). The first-order valence-corrected chi connectivity index (χ1v) is 11.5. The zero-order valence-electron chi connectivity index (χ0n) is 19.5. The van der Waals surface area contributed by atoms with Gasteiger partial charge in [-0.2, -0.15) is 0 Å². The number of fused-ring (bicyclic) bond motifs is 4. The van der Waals surface area contributed by atoms with Crippen molar-refractivity contribution < 1.29 is 24.1 Å². The highest BCUT2D eigenvalue weighted by Gasteiger charge is 2.53. The van der Waals surface area contributed by atoms with Crippen LogP contribution in [0.4, 0.5) is 4.39 Å². The minimum Gasteiger partial charge on any atom is -0.507 e. The molecule has 1 aromatic heterocycles. The third kappa shape index (κ3) is 3.11. The molecule has 0 radical (unpaired) electrons. The number of aliphatic carboxylic acids is 1. The molecule has 2 heterocycles. The number of hydrogen-bond donors (Lipinski definition) is 2. The van der Waals surface area contributed by atoms with Crippen LogP contribution < -0.4 is 0 Å². The maximum Gasteiger partial charge on any atom is 0.309 e. The topological polar surface area (TPSA) is 71.7 Å². The molecule has 1 fully saturated rings. The lowest BCUT2D eigenvalue weighted by atomic mass is 9.65. The Morgan fingerprint density at radius 2 is 1.79 bits per heavy atom. The molecular formula is C27H30FNO4. The summed E-state index contributed by atoms with van der Waals surface area (Å²) in [6.45, 7) is 8.26. The molecule has 2 aliphatic rings. The van der Waals surface area contributed by atoms with E-state index in [1.165, 1.54) is 6.07 Å². The van der Waals surface area contributed by atoms with Gasteiger partial charge in [-0.25, -0.2) is 4.39 Å². The molecule has 5 nitrogen and oxygen atoms in total. The van der Waals surface area contributed by atoms with E-state index in [0.717, 1.165) is 27.8 Å². The molecule has 0 amide bonds. The Labute approximate surface area is 192 Å². The van der Waals surface area contributed by atoms with Crippen LogP contribution in [0, 0.1) is 18.2 Å². The van der Waals surface area contributed by atoms with Gasteiger partial charge in [-0.1, -0.05) is 19.9 Å². The Balaban J connectivity index is 1.82. The molecule has 1 aliphatic carbocycles. The molecule has 2 N–H and O–H groups in total. The fourth-order valence-electron chi connectivity index (χ4n) is 5.72. The van der Waals surface area contributed by atoms with E-state index in [0.29, 0.717) is 37.9 Å². The van der Waals surface area contributed by atoms with Crippen molar-refractivity contribution in [2.24, 2.45) is 5.41 Å². The second kappa shape index (κ2) is 7.07. The summed E-state index contributed by atoms with van der Waals surface area (Å²) in [5, 5.41) is 21.5. The van der Waals surface area contributed by atoms with Crippen molar-refractivity contribution in [1.29, 1.82) is 0 Å². The van der Waals surface area contributed by atoms with Crippen LogP contribution in [-0.4, -0.2) is 27.4 Å². The summed E-state index contributed by atoms with van der Waals surface area (Å²) < 4.78 is 22.8. The molecule has 6 heteroatoms. The molecule has 33 heavy (non-hydrogen) atoms. The number of benzene rings is 2. The van der Waals surface area contributed by atoms with Gasteiger partial charge < -0.3 is 19.5 Å². The van der Waals surface area contributed by atoms with E-state index >= 15 is 0 Å². The van der Waals surface area contributed by atoms with Crippen molar-refractivity contribution in [3.8, 4) is 11.4 Å².